The van der Waals surface area contributed by atoms with Gasteiger partial charge in [0, 0.05) is 31.7 Å². The second-order valence-corrected chi connectivity index (χ2v) is 7.21. The van der Waals surface area contributed by atoms with Crippen LogP contribution in [0.5, 0.6) is 5.75 Å². The van der Waals surface area contributed by atoms with Gasteiger partial charge in [0.05, 0.1) is 12.8 Å². The van der Waals surface area contributed by atoms with E-state index in [0.717, 1.165) is 49.0 Å². The number of nitrogens with zero attached hydrogens (tertiary/aromatic N) is 6. The summed E-state index contributed by atoms with van der Waals surface area (Å²) in [4.78, 5) is 9.00. The number of para-hydroxylation sites is 2. The Kier molecular flexibility index (Phi) is 5.18. The summed E-state index contributed by atoms with van der Waals surface area (Å²) in [6, 6.07) is 21.6. The second kappa shape index (κ2) is 8.43. The molecule has 0 amide bonds. The van der Waals surface area contributed by atoms with Gasteiger partial charge in [0.15, 0.2) is 11.5 Å². The van der Waals surface area contributed by atoms with Gasteiger partial charge >= 0.3 is 0 Å². The molecule has 4 aromatic rings. The Balaban J connectivity index is 1.26. The van der Waals surface area contributed by atoms with E-state index in [4.69, 9.17) is 9.26 Å². The normalized spacial score (nSPS) is 14.0. The number of piperazine rings is 1. The summed E-state index contributed by atoms with van der Waals surface area (Å²) in [5.74, 6) is 2.63. The Labute approximate surface area is 180 Å². The number of hydrogen-bond acceptors (Lipinski definition) is 8. The fourth-order valence-corrected chi connectivity index (χ4v) is 3.71. The van der Waals surface area contributed by atoms with Gasteiger partial charge in [0.25, 0.3) is 5.89 Å². The molecule has 2 aromatic carbocycles. The first-order valence-electron chi connectivity index (χ1n) is 10.2. The second-order valence-electron chi connectivity index (χ2n) is 7.21. The number of aromatic nitrogens is 4. The first-order chi connectivity index (χ1) is 15.3. The predicted molar refractivity (Wildman–Crippen MR) is 118 cm³/mol. The zero-order valence-electron chi connectivity index (χ0n) is 17.2. The van der Waals surface area contributed by atoms with Crippen LogP contribution in [0.15, 0.2) is 71.3 Å². The topological polar surface area (TPSA) is 80.4 Å². The Bertz CT molecular complexity index is 1140. The van der Waals surface area contributed by atoms with E-state index in [1.807, 2.05) is 60.7 Å². The van der Waals surface area contributed by atoms with E-state index in [1.165, 1.54) is 0 Å². The lowest BCUT2D eigenvalue weighted by Gasteiger charge is -2.37. The smallest absolute Gasteiger partial charge is 0.278 e. The molecule has 3 heterocycles. The number of methoxy groups -OCH3 is 1. The number of rotatable bonds is 5. The molecule has 1 aliphatic rings. The summed E-state index contributed by atoms with van der Waals surface area (Å²) < 4.78 is 10.9. The lowest BCUT2D eigenvalue weighted by molar-refractivity contribution is 0.413. The van der Waals surface area contributed by atoms with Crippen molar-refractivity contribution in [1.29, 1.82) is 0 Å². The standard InChI is InChI=1S/C23H22N6O2/c1-30-20-10-6-5-9-19(20)28-13-15-29(16-14-28)21-12-11-18(25-26-21)23-24-22(27-31-23)17-7-3-2-4-8-17/h2-12H,13-16H2,1H3. The minimum Gasteiger partial charge on any atom is -0.495 e. The van der Waals surface area contributed by atoms with Gasteiger partial charge in [-0.2, -0.15) is 4.98 Å². The molecule has 0 N–H and O–H groups in total. The average molecular weight is 414 g/mol. The first kappa shape index (κ1) is 19.0. The quantitative estimate of drug-likeness (QED) is 0.491. The Morgan fingerprint density at radius 2 is 1.55 bits per heavy atom. The van der Waals surface area contributed by atoms with Crippen molar-refractivity contribution in [3.63, 3.8) is 0 Å². The molecule has 0 unspecified atom stereocenters. The molecule has 156 valence electrons. The van der Waals surface area contributed by atoms with Crippen molar-refractivity contribution < 1.29 is 9.26 Å². The first-order valence-corrected chi connectivity index (χ1v) is 10.2. The maximum atomic E-state index is 5.50. The largest absolute Gasteiger partial charge is 0.495 e. The zero-order chi connectivity index (χ0) is 21.0. The molecule has 1 aliphatic heterocycles. The van der Waals surface area contributed by atoms with E-state index in [9.17, 15) is 0 Å². The fourth-order valence-electron chi connectivity index (χ4n) is 3.71. The van der Waals surface area contributed by atoms with Crippen molar-refractivity contribution in [1.82, 2.24) is 20.3 Å². The average Bonchev–Trinajstić information content (AvgIpc) is 3.35. The van der Waals surface area contributed by atoms with E-state index in [0.29, 0.717) is 17.4 Å². The lowest BCUT2D eigenvalue weighted by Crippen LogP contribution is -2.47. The third kappa shape index (κ3) is 3.92. The van der Waals surface area contributed by atoms with Crippen LogP contribution in [-0.2, 0) is 0 Å². The van der Waals surface area contributed by atoms with Crippen molar-refractivity contribution in [3.8, 4) is 28.7 Å². The summed E-state index contributed by atoms with van der Waals surface area (Å²) in [6.07, 6.45) is 0. The fraction of sp³-hybridized carbons (Fsp3) is 0.217. The van der Waals surface area contributed by atoms with E-state index >= 15 is 0 Å². The summed E-state index contributed by atoms with van der Waals surface area (Å²) in [5.41, 5.74) is 2.58. The van der Waals surface area contributed by atoms with E-state index in [-0.39, 0.29) is 0 Å². The van der Waals surface area contributed by atoms with Crippen LogP contribution in [-0.4, -0.2) is 53.6 Å². The molecule has 1 fully saturated rings. The monoisotopic (exact) mass is 414 g/mol. The van der Waals surface area contributed by atoms with Gasteiger partial charge in [-0.15, -0.1) is 10.2 Å². The van der Waals surface area contributed by atoms with E-state index < -0.39 is 0 Å². The summed E-state index contributed by atoms with van der Waals surface area (Å²) in [6.45, 7) is 3.47. The van der Waals surface area contributed by atoms with E-state index in [1.54, 1.807) is 7.11 Å². The molecule has 0 spiro atoms. The van der Waals surface area contributed by atoms with Gasteiger partial charge < -0.3 is 19.1 Å². The molecule has 8 nitrogen and oxygen atoms in total. The minimum atomic E-state index is 0.360. The van der Waals surface area contributed by atoms with Crippen molar-refractivity contribution in [2.24, 2.45) is 0 Å². The van der Waals surface area contributed by atoms with Crippen LogP contribution in [0.25, 0.3) is 23.0 Å². The van der Waals surface area contributed by atoms with Crippen LogP contribution < -0.4 is 14.5 Å². The number of hydrogen-bond donors (Lipinski definition) is 0. The van der Waals surface area contributed by atoms with Gasteiger partial charge in [-0.1, -0.05) is 47.6 Å². The number of ether oxygens (including phenoxy) is 1. The Morgan fingerprint density at radius 1 is 0.806 bits per heavy atom. The molecule has 0 atom stereocenters. The molecule has 31 heavy (non-hydrogen) atoms. The molecular formula is C23H22N6O2. The SMILES string of the molecule is COc1ccccc1N1CCN(c2ccc(-c3nc(-c4ccccc4)no3)nn2)CC1. The minimum absolute atomic E-state index is 0.360. The zero-order valence-corrected chi connectivity index (χ0v) is 17.2. The number of benzene rings is 2. The van der Waals surface area contributed by atoms with Crippen molar-refractivity contribution in [2.75, 3.05) is 43.1 Å². The van der Waals surface area contributed by atoms with Crippen LogP contribution in [0.2, 0.25) is 0 Å². The Hall–Kier alpha value is -3.94. The van der Waals surface area contributed by atoms with Crippen molar-refractivity contribution in [2.45, 2.75) is 0 Å². The summed E-state index contributed by atoms with van der Waals surface area (Å²) in [5, 5.41) is 12.8. The molecule has 5 rings (SSSR count). The highest BCUT2D eigenvalue weighted by Gasteiger charge is 2.21. The predicted octanol–water partition coefficient (Wildman–Crippen LogP) is 3.53. The van der Waals surface area contributed by atoms with Crippen molar-refractivity contribution in [3.05, 3.63) is 66.7 Å². The van der Waals surface area contributed by atoms with E-state index in [2.05, 4.69) is 36.2 Å². The van der Waals surface area contributed by atoms with Crippen LogP contribution in [0.1, 0.15) is 0 Å². The lowest BCUT2D eigenvalue weighted by atomic mass is 10.2. The van der Waals surface area contributed by atoms with Gasteiger partial charge in [0.2, 0.25) is 5.82 Å². The van der Waals surface area contributed by atoms with Gasteiger partial charge in [-0.05, 0) is 24.3 Å². The maximum absolute atomic E-state index is 5.50. The molecule has 2 aromatic heterocycles. The highest BCUT2D eigenvalue weighted by atomic mass is 16.5. The molecule has 0 bridgehead atoms. The molecule has 0 radical (unpaired) electrons. The van der Waals surface area contributed by atoms with Crippen LogP contribution >= 0.6 is 0 Å². The highest BCUT2D eigenvalue weighted by molar-refractivity contribution is 5.60. The van der Waals surface area contributed by atoms with Crippen LogP contribution in [0, 0.1) is 0 Å². The molecular weight excluding hydrogens is 392 g/mol. The molecule has 8 heteroatoms. The van der Waals surface area contributed by atoms with Crippen LogP contribution in [0.4, 0.5) is 11.5 Å². The summed E-state index contributed by atoms with van der Waals surface area (Å²) in [7, 11) is 1.71. The van der Waals surface area contributed by atoms with Crippen molar-refractivity contribution >= 4 is 11.5 Å². The van der Waals surface area contributed by atoms with Gasteiger partial charge in [-0.25, -0.2) is 0 Å². The van der Waals surface area contributed by atoms with Gasteiger partial charge in [0.1, 0.15) is 5.75 Å². The van der Waals surface area contributed by atoms with Gasteiger partial charge in [-0.3, -0.25) is 0 Å². The van der Waals surface area contributed by atoms with Crippen LogP contribution in [0.3, 0.4) is 0 Å². The highest BCUT2D eigenvalue weighted by Crippen LogP contribution is 2.29. The molecule has 1 saturated heterocycles. The third-order valence-electron chi connectivity index (χ3n) is 5.36. The molecule has 0 saturated carbocycles. The Morgan fingerprint density at radius 3 is 2.29 bits per heavy atom. The maximum Gasteiger partial charge on any atom is 0.278 e. The third-order valence-corrected chi connectivity index (χ3v) is 5.36. The summed E-state index contributed by atoms with van der Waals surface area (Å²) >= 11 is 0. The molecule has 0 aliphatic carbocycles. The number of anilines is 2.